The minimum Gasteiger partial charge on any atom is -0.388 e. The van der Waals surface area contributed by atoms with Crippen molar-refractivity contribution in [1.29, 1.82) is 0 Å². The molecule has 11 heteroatoms. The van der Waals surface area contributed by atoms with Crippen molar-refractivity contribution in [2.75, 3.05) is 6.61 Å². The monoisotopic (exact) mass is 424 g/mol. The van der Waals surface area contributed by atoms with Crippen LogP contribution in [0.2, 0.25) is 5.02 Å². The Labute approximate surface area is 170 Å². The predicted octanol–water partition coefficient (Wildman–Crippen LogP) is -1.18. The van der Waals surface area contributed by atoms with Crippen LogP contribution in [0.25, 0.3) is 0 Å². The Hall–Kier alpha value is -2.53. The molecule has 2 aromatic heterocycles. The summed E-state index contributed by atoms with van der Waals surface area (Å²) in [5.41, 5.74) is -0.518. The molecule has 0 bridgehead atoms. The number of ether oxygens (including phenoxy) is 1. The third kappa shape index (κ3) is 5.30. The standard InChI is InChI=1S/C18H21ClN4O6/c19-11-7-23(18(28)22-17(11)27)8-13-16(26)15(25)12(9-29-13)21-14(24)4-3-10-2-1-5-20-6-10/h1-2,5-7,12-13,15-16,25-26H,3-4,8-9H2,(H,21,24)(H,22,27,28)/t12-,13-,15+,16-/m1/s1. The molecule has 1 aliphatic rings. The predicted molar refractivity (Wildman–Crippen MR) is 103 cm³/mol. The number of pyridine rings is 1. The summed E-state index contributed by atoms with van der Waals surface area (Å²) in [7, 11) is 0. The highest BCUT2D eigenvalue weighted by molar-refractivity contribution is 6.30. The normalized spacial score (nSPS) is 24.2. The molecule has 1 amide bonds. The van der Waals surface area contributed by atoms with Crippen molar-refractivity contribution in [2.24, 2.45) is 0 Å². The topological polar surface area (TPSA) is 147 Å². The molecule has 0 saturated carbocycles. The number of carbonyl (C=O) groups excluding carboxylic acids is 1. The maximum absolute atomic E-state index is 12.1. The summed E-state index contributed by atoms with van der Waals surface area (Å²) in [4.78, 5) is 41.3. The van der Waals surface area contributed by atoms with E-state index in [0.717, 1.165) is 16.3 Å². The van der Waals surface area contributed by atoms with Crippen molar-refractivity contribution in [3.63, 3.8) is 0 Å². The van der Waals surface area contributed by atoms with Crippen LogP contribution in [0.15, 0.2) is 40.3 Å². The second-order valence-electron chi connectivity index (χ2n) is 6.78. The van der Waals surface area contributed by atoms with Gasteiger partial charge in [-0.2, -0.15) is 0 Å². The molecule has 1 aliphatic heterocycles. The first kappa shape index (κ1) is 21.2. The van der Waals surface area contributed by atoms with Crippen molar-refractivity contribution >= 4 is 17.5 Å². The van der Waals surface area contributed by atoms with Crippen LogP contribution >= 0.6 is 11.6 Å². The fourth-order valence-electron chi connectivity index (χ4n) is 3.07. The molecule has 4 N–H and O–H groups in total. The van der Waals surface area contributed by atoms with Gasteiger partial charge in [-0.1, -0.05) is 17.7 Å². The molecule has 1 saturated heterocycles. The van der Waals surface area contributed by atoms with E-state index in [-0.39, 0.29) is 30.5 Å². The number of hydrogen-bond acceptors (Lipinski definition) is 7. The lowest BCUT2D eigenvalue weighted by Gasteiger charge is -2.38. The van der Waals surface area contributed by atoms with Crippen molar-refractivity contribution < 1.29 is 19.7 Å². The van der Waals surface area contributed by atoms with E-state index < -0.39 is 35.6 Å². The van der Waals surface area contributed by atoms with Crippen LogP contribution in [0.1, 0.15) is 12.0 Å². The number of hydrogen-bond donors (Lipinski definition) is 4. The molecule has 2 aromatic rings. The van der Waals surface area contributed by atoms with Crippen LogP contribution < -0.4 is 16.6 Å². The molecule has 0 aliphatic carbocycles. The largest absolute Gasteiger partial charge is 0.388 e. The molecule has 10 nitrogen and oxygen atoms in total. The van der Waals surface area contributed by atoms with Crippen LogP contribution in [-0.2, 0) is 22.5 Å². The van der Waals surface area contributed by atoms with E-state index in [0.29, 0.717) is 6.42 Å². The number of H-pyrrole nitrogens is 1. The molecule has 4 atom stereocenters. The average Bonchev–Trinajstić information content (AvgIpc) is 2.71. The van der Waals surface area contributed by atoms with Crippen LogP contribution in [-0.4, -0.2) is 61.6 Å². The van der Waals surface area contributed by atoms with Gasteiger partial charge in [-0.25, -0.2) is 4.79 Å². The molecule has 0 spiro atoms. The molecule has 0 radical (unpaired) electrons. The lowest BCUT2D eigenvalue weighted by molar-refractivity contribution is -0.158. The summed E-state index contributed by atoms with van der Waals surface area (Å²) in [5, 5.41) is 23.2. The maximum Gasteiger partial charge on any atom is 0.328 e. The molecular formula is C18H21ClN4O6. The molecule has 0 aromatic carbocycles. The second-order valence-corrected chi connectivity index (χ2v) is 7.18. The molecule has 0 unspecified atom stereocenters. The Morgan fingerprint density at radius 1 is 1.38 bits per heavy atom. The first-order valence-electron chi connectivity index (χ1n) is 9.00. The van der Waals surface area contributed by atoms with Gasteiger partial charge in [0.05, 0.1) is 19.2 Å². The first-order valence-corrected chi connectivity index (χ1v) is 9.38. The summed E-state index contributed by atoms with van der Waals surface area (Å²) in [6.07, 6.45) is 1.57. The van der Waals surface area contributed by atoms with E-state index in [4.69, 9.17) is 16.3 Å². The van der Waals surface area contributed by atoms with E-state index in [1.807, 2.05) is 11.1 Å². The fourth-order valence-corrected chi connectivity index (χ4v) is 3.23. The molecule has 29 heavy (non-hydrogen) atoms. The van der Waals surface area contributed by atoms with Gasteiger partial charge in [0, 0.05) is 25.0 Å². The van der Waals surface area contributed by atoms with Gasteiger partial charge < -0.3 is 20.3 Å². The number of nitrogens with one attached hydrogen (secondary N) is 2. The zero-order valence-electron chi connectivity index (χ0n) is 15.3. The second kappa shape index (κ2) is 9.31. The fraction of sp³-hybridized carbons (Fsp3) is 0.444. The van der Waals surface area contributed by atoms with E-state index in [1.54, 1.807) is 18.5 Å². The minimum atomic E-state index is -1.36. The summed E-state index contributed by atoms with van der Waals surface area (Å²) in [6.45, 7) is -0.178. The number of aliphatic hydroxyl groups is 2. The lowest BCUT2D eigenvalue weighted by Crippen LogP contribution is -2.60. The number of halogens is 1. The number of carbonyl (C=O) groups is 1. The van der Waals surface area contributed by atoms with E-state index in [2.05, 4.69) is 10.3 Å². The maximum atomic E-state index is 12.1. The number of aromatic nitrogens is 3. The van der Waals surface area contributed by atoms with E-state index >= 15 is 0 Å². The highest BCUT2D eigenvalue weighted by Crippen LogP contribution is 2.17. The van der Waals surface area contributed by atoms with Gasteiger partial charge in [0.25, 0.3) is 5.56 Å². The molecule has 156 valence electrons. The van der Waals surface area contributed by atoms with Crippen molar-refractivity contribution in [3.8, 4) is 0 Å². The van der Waals surface area contributed by atoms with E-state index in [9.17, 15) is 24.6 Å². The van der Waals surface area contributed by atoms with Gasteiger partial charge in [-0.3, -0.25) is 24.1 Å². The van der Waals surface area contributed by atoms with Gasteiger partial charge in [0.2, 0.25) is 5.91 Å². The van der Waals surface area contributed by atoms with Crippen molar-refractivity contribution in [3.05, 3.63) is 62.1 Å². The lowest BCUT2D eigenvalue weighted by atomic mass is 9.97. The summed E-state index contributed by atoms with van der Waals surface area (Å²) >= 11 is 5.72. The van der Waals surface area contributed by atoms with Crippen molar-refractivity contribution in [2.45, 2.75) is 43.7 Å². The third-order valence-corrected chi connectivity index (χ3v) is 4.96. The van der Waals surface area contributed by atoms with Crippen LogP contribution in [0.3, 0.4) is 0 Å². The minimum absolute atomic E-state index is 0.0483. The smallest absolute Gasteiger partial charge is 0.328 e. The van der Waals surface area contributed by atoms with Gasteiger partial charge in [-0.05, 0) is 18.1 Å². The Morgan fingerprint density at radius 3 is 2.90 bits per heavy atom. The van der Waals surface area contributed by atoms with E-state index in [1.165, 1.54) is 0 Å². The van der Waals surface area contributed by atoms with Gasteiger partial charge in [-0.15, -0.1) is 0 Å². The Morgan fingerprint density at radius 2 is 2.17 bits per heavy atom. The molecule has 3 rings (SSSR count). The Bertz CT molecular complexity index is 963. The zero-order valence-corrected chi connectivity index (χ0v) is 16.1. The first-order chi connectivity index (χ1) is 13.8. The number of rotatable bonds is 6. The zero-order chi connectivity index (χ0) is 21.0. The Kier molecular flexibility index (Phi) is 6.80. The number of aliphatic hydroxyl groups excluding tert-OH is 2. The molecule has 3 heterocycles. The van der Waals surface area contributed by atoms with Gasteiger partial charge >= 0.3 is 5.69 Å². The average molecular weight is 425 g/mol. The quantitative estimate of drug-likeness (QED) is 0.456. The van der Waals surface area contributed by atoms with Gasteiger partial charge in [0.1, 0.15) is 23.3 Å². The van der Waals surface area contributed by atoms with Crippen molar-refractivity contribution in [1.82, 2.24) is 19.9 Å². The third-order valence-electron chi connectivity index (χ3n) is 4.69. The SMILES string of the molecule is O=C(CCc1cccnc1)N[C@@H]1CO[C@H](Cn2cc(Cl)c(=O)[nH]c2=O)[C@@H](O)[C@H]1O. The number of aryl methyl sites for hydroxylation is 1. The molecular weight excluding hydrogens is 404 g/mol. The highest BCUT2D eigenvalue weighted by atomic mass is 35.5. The Balaban J connectivity index is 1.55. The molecule has 1 fully saturated rings. The summed E-state index contributed by atoms with van der Waals surface area (Å²) < 4.78 is 6.62. The van der Waals surface area contributed by atoms with Crippen LogP contribution in [0, 0.1) is 0 Å². The highest BCUT2D eigenvalue weighted by Gasteiger charge is 2.39. The number of amides is 1. The van der Waals surface area contributed by atoms with Gasteiger partial charge in [0.15, 0.2) is 0 Å². The van der Waals surface area contributed by atoms with Crippen LogP contribution in [0.5, 0.6) is 0 Å². The number of aromatic amines is 1. The summed E-state index contributed by atoms with van der Waals surface area (Å²) in [5.74, 6) is -0.296. The number of nitrogens with zero attached hydrogens (tertiary/aromatic N) is 2. The summed E-state index contributed by atoms with van der Waals surface area (Å²) in [6, 6.07) is 2.85. The van der Waals surface area contributed by atoms with Crippen LogP contribution in [0.4, 0.5) is 0 Å².